The van der Waals surface area contributed by atoms with Gasteiger partial charge in [0.25, 0.3) is 0 Å². The van der Waals surface area contributed by atoms with Gasteiger partial charge in [-0.2, -0.15) is 9.79 Å². The maximum atomic E-state index is 13.8. The van der Waals surface area contributed by atoms with E-state index in [0.29, 0.717) is 30.1 Å². The van der Waals surface area contributed by atoms with Crippen LogP contribution in [-0.2, 0) is 14.9 Å². The summed E-state index contributed by atoms with van der Waals surface area (Å²) >= 11 is 12.2. The normalized spacial score (nSPS) is 17.5. The zero-order valence-corrected chi connectivity index (χ0v) is 19.5. The largest absolute Gasteiger partial charge is 0.369 e. The molecule has 0 saturated carbocycles. The first-order valence-corrected chi connectivity index (χ1v) is 12.3. The molecule has 1 saturated heterocycles. The maximum absolute atomic E-state index is 13.8. The predicted octanol–water partition coefficient (Wildman–Crippen LogP) is 4.61. The van der Waals surface area contributed by atoms with Crippen LogP contribution >= 0.6 is 23.2 Å². The van der Waals surface area contributed by atoms with Crippen LogP contribution in [0.4, 0.5) is 10.1 Å². The van der Waals surface area contributed by atoms with Crippen molar-refractivity contribution in [1.29, 1.82) is 0 Å². The molecule has 31 heavy (non-hydrogen) atoms. The highest BCUT2D eigenvalue weighted by molar-refractivity contribution is 7.90. The van der Waals surface area contributed by atoms with Gasteiger partial charge in [-0.1, -0.05) is 49.0 Å². The molecule has 1 fully saturated rings. The Morgan fingerprint density at radius 3 is 2.26 bits per heavy atom. The predicted molar refractivity (Wildman–Crippen MR) is 122 cm³/mol. The van der Waals surface area contributed by atoms with E-state index in [1.165, 1.54) is 28.6 Å². The molecule has 1 atom stereocenters. The van der Waals surface area contributed by atoms with Crippen molar-refractivity contribution in [2.45, 2.75) is 31.1 Å². The highest BCUT2D eigenvalue weighted by Gasteiger charge is 2.49. The van der Waals surface area contributed by atoms with Gasteiger partial charge in [0.15, 0.2) is 4.87 Å². The quantitative estimate of drug-likeness (QED) is 0.529. The van der Waals surface area contributed by atoms with Gasteiger partial charge in [0.05, 0.1) is 10.0 Å². The van der Waals surface area contributed by atoms with E-state index < -0.39 is 14.9 Å². The number of piperazine rings is 1. The molecule has 0 amide bonds. The average molecular weight is 490 g/mol. The lowest BCUT2D eigenvalue weighted by atomic mass is 10.0. The van der Waals surface area contributed by atoms with E-state index in [0.717, 1.165) is 12.1 Å². The molecule has 0 radical (unpaired) electrons. The number of benzene rings is 2. The third-order valence-corrected chi connectivity index (χ3v) is 8.86. The number of halogens is 3. The van der Waals surface area contributed by atoms with Crippen molar-refractivity contribution in [2.24, 2.45) is 0 Å². The van der Waals surface area contributed by atoms with Gasteiger partial charge in [-0.3, -0.25) is 0 Å². The average Bonchev–Trinajstić information content (AvgIpc) is 2.77. The molecule has 1 aliphatic heterocycles. The van der Waals surface area contributed by atoms with Crippen molar-refractivity contribution in [3.63, 3.8) is 0 Å². The SMILES string of the molecule is CCCCC(NO)(c1ccc(Cl)c(Cl)c1)S(=O)(=O)N1CCN(c2ccc(F)cc2)CC1. The Balaban J connectivity index is 1.89. The smallest absolute Gasteiger partial charge is 0.239 e. The summed E-state index contributed by atoms with van der Waals surface area (Å²) in [7, 11) is -4.02. The Bertz CT molecular complexity index is 999. The fourth-order valence-corrected chi connectivity index (χ4v) is 6.16. The van der Waals surface area contributed by atoms with Gasteiger partial charge in [0, 0.05) is 31.9 Å². The van der Waals surface area contributed by atoms with E-state index in [9.17, 15) is 18.0 Å². The molecule has 1 aliphatic rings. The third kappa shape index (κ3) is 4.84. The van der Waals surface area contributed by atoms with Crippen molar-refractivity contribution in [1.82, 2.24) is 9.79 Å². The molecule has 0 spiro atoms. The van der Waals surface area contributed by atoms with Gasteiger partial charge in [-0.15, -0.1) is 0 Å². The molecular weight excluding hydrogens is 464 g/mol. The standard InChI is InChI=1S/C21H26Cl2FN3O3S/c1-2-3-10-21(25-28,16-4-9-19(22)20(23)15-16)31(29,30)27-13-11-26(12-14-27)18-7-5-17(24)6-8-18/h4-9,15,25,28H,2-3,10-14H2,1H3. The van der Waals surface area contributed by atoms with E-state index in [-0.39, 0.29) is 30.4 Å². The van der Waals surface area contributed by atoms with E-state index in [2.05, 4.69) is 5.48 Å². The van der Waals surface area contributed by atoms with Crippen LogP contribution in [0.2, 0.25) is 10.0 Å². The molecule has 2 aromatic carbocycles. The molecule has 6 nitrogen and oxygen atoms in total. The molecule has 0 aromatic heterocycles. The van der Waals surface area contributed by atoms with Crippen molar-refractivity contribution >= 4 is 38.9 Å². The fourth-order valence-electron chi connectivity index (χ4n) is 3.83. The van der Waals surface area contributed by atoms with Crippen LogP contribution in [0, 0.1) is 5.82 Å². The zero-order chi connectivity index (χ0) is 22.6. The first kappa shape index (κ1) is 24.2. The number of nitrogens with zero attached hydrogens (tertiary/aromatic N) is 2. The van der Waals surface area contributed by atoms with E-state index in [1.807, 2.05) is 11.8 Å². The molecule has 1 unspecified atom stereocenters. The summed E-state index contributed by atoms with van der Waals surface area (Å²) in [6.45, 7) is 3.31. The van der Waals surface area contributed by atoms with Crippen LogP contribution in [0.5, 0.6) is 0 Å². The molecule has 10 heteroatoms. The fraction of sp³-hybridized carbons (Fsp3) is 0.429. The lowest BCUT2D eigenvalue weighted by Gasteiger charge is -2.41. The molecular formula is C21H26Cl2FN3O3S. The first-order chi connectivity index (χ1) is 14.7. The Morgan fingerprint density at radius 1 is 1.06 bits per heavy atom. The van der Waals surface area contributed by atoms with Gasteiger partial charge in [0.1, 0.15) is 5.82 Å². The van der Waals surface area contributed by atoms with Gasteiger partial charge >= 0.3 is 0 Å². The van der Waals surface area contributed by atoms with Gasteiger partial charge in [-0.25, -0.2) is 12.8 Å². The van der Waals surface area contributed by atoms with Crippen molar-refractivity contribution < 1.29 is 18.0 Å². The van der Waals surface area contributed by atoms with Gasteiger partial charge in [0.2, 0.25) is 10.0 Å². The van der Waals surface area contributed by atoms with Crippen LogP contribution in [0.3, 0.4) is 0 Å². The number of nitrogens with one attached hydrogen (secondary N) is 1. The second-order valence-corrected chi connectivity index (χ2v) is 10.5. The maximum Gasteiger partial charge on any atom is 0.239 e. The molecule has 3 rings (SSSR count). The first-order valence-electron chi connectivity index (χ1n) is 10.1. The van der Waals surface area contributed by atoms with E-state index in [1.54, 1.807) is 18.2 Å². The van der Waals surface area contributed by atoms with Crippen LogP contribution < -0.4 is 10.4 Å². The molecule has 0 bridgehead atoms. The molecule has 2 N–H and O–H groups in total. The third-order valence-electron chi connectivity index (χ3n) is 5.66. The minimum Gasteiger partial charge on any atom is -0.369 e. The van der Waals surface area contributed by atoms with Gasteiger partial charge < -0.3 is 10.1 Å². The van der Waals surface area contributed by atoms with Crippen LogP contribution in [0.1, 0.15) is 31.7 Å². The van der Waals surface area contributed by atoms with Crippen LogP contribution in [0.25, 0.3) is 0 Å². The molecule has 2 aromatic rings. The second-order valence-electron chi connectivity index (χ2n) is 7.54. The second kappa shape index (κ2) is 10.0. The molecule has 0 aliphatic carbocycles. The summed E-state index contributed by atoms with van der Waals surface area (Å²) in [5.74, 6) is -0.318. The highest BCUT2D eigenvalue weighted by Crippen LogP contribution is 2.38. The zero-order valence-electron chi connectivity index (χ0n) is 17.2. The Hall–Kier alpha value is -1.42. The van der Waals surface area contributed by atoms with Crippen molar-refractivity contribution in [3.05, 3.63) is 63.9 Å². The summed E-state index contributed by atoms with van der Waals surface area (Å²) < 4.78 is 42.2. The number of anilines is 1. The number of hydrogen-bond donors (Lipinski definition) is 2. The van der Waals surface area contributed by atoms with Crippen LogP contribution in [-0.4, -0.2) is 44.1 Å². The molecule has 170 valence electrons. The Labute approximate surface area is 192 Å². The summed E-state index contributed by atoms with van der Waals surface area (Å²) in [6, 6.07) is 10.7. The minimum atomic E-state index is -4.02. The number of hydrogen-bond acceptors (Lipinski definition) is 5. The van der Waals surface area contributed by atoms with Gasteiger partial charge in [-0.05, 0) is 48.4 Å². The minimum absolute atomic E-state index is 0.165. The van der Waals surface area contributed by atoms with E-state index in [4.69, 9.17) is 23.2 Å². The lowest BCUT2D eigenvalue weighted by Crippen LogP contribution is -2.58. The van der Waals surface area contributed by atoms with Crippen molar-refractivity contribution in [2.75, 3.05) is 31.1 Å². The Kier molecular flexibility index (Phi) is 7.83. The summed E-state index contributed by atoms with van der Waals surface area (Å²) in [5.41, 5.74) is 3.28. The number of hydroxylamine groups is 1. The Morgan fingerprint density at radius 2 is 1.71 bits per heavy atom. The monoisotopic (exact) mass is 489 g/mol. The lowest BCUT2D eigenvalue weighted by molar-refractivity contribution is 0.0927. The number of rotatable bonds is 8. The summed E-state index contributed by atoms with van der Waals surface area (Å²) in [5, 5.41) is 10.7. The van der Waals surface area contributed by atoms with Crippen LogP contribution in [0.15, 0.2) is 42.5 Å². The summed E-state index contributed by atoms with van der Waals surface area (Å²) in [4.78, 5) is 0.264. The number of sulfonamides is 1. The highest BCUT2D eigenvalue weighted by atomic mass is 35.5. The topological polar surface area (TPSA) is 72.9 Å². The van der Waals surface area contributed by atoms with Crippen molar-refractivity contribution in [3.8, 4) is 0 Å². The summed E-state index contributed by atoms with van der Waals surface area (Å²) in [6.07, 6.45) is 1.49. The molecule has 1 heterocycles. The number of unbranched alkanes of at least 4 members (excludes halogenated alkanes) is 1. The van der Waals surface area contributed by atoms with E-state index >= 15 is 0 Å².